The van der Waals surface area contributed by atoms with Crippen molar-refractivity contribution < 1.29 is 14.3 Å². The third-order valence-corrected chi connectivity index (χ3v) is 4.57. The van der Waals surface area contributed by atoms with E-state index in [1.54, 1.807) is 9.47 Å². The van der Waals surface area contributed by atoms with Crippen molar-refractivity contribution in [3.05, 3.63) is 27.8 Å². The third-order valence-electron chi connectivity index (χ3n) is 4.57. The second-order valence-electron chi connectivity index (χ2n) is 7.57. The maximum absolute atomic E-state index is 14.9. The fourth-order valence-electron chi connectivity index (χ4n) is 3.19. The summed E-state index contributed by atoms with van der Waals surface area (Å²) < 4.78 is 16.4. The number of halogens is 1. The van der Waals surface area contributed by atoms with Crippen LogP contribution in [0.2, 0.25) is 0 Å². The molecule has 1 aliphatic rings. The van der Waals surface area contributed by atoms with Gasteiger partial charge in [0.2, 0.25) is 5.43 Å². The highest BCUT2D eigenvalue weighted by atomic mass is 19.1. The summed E-state index contributed by atoms with van der Waals surface area (Å²) in [7, 11) is 0. The number of carboxylic acids is 1. The summed E-state index contributed by atoms with van der Waals surface area (Å²) in [5, 5.41) is 9.12. The molecule has 1 aliphatic heterocycles. The van der Waals surface area contributed by atoms with Crippen LogP contribution in [-0.4, -0.2) is 39.8 Å². The molecular formula is C17H22FN5O3. The molecular weight excluding hydrogens is 341 g/mol. The first kappa shape index (κ1) is 18.1. The Labute approximate surface area is 149 Å². The smallest absolute Gasteiger partial charge is 0.341 e. The van der Waals surface area contributed by atoms with Crippen LogP contribution < -0.4 is 21.8 Å². The number of aromatic nitrogens is 2. The molecule has 2 aromatic heterocycles. The Kier molecular flexibility index (Phi) is 4.14. The molecule has 0 amide bonds. The van der Waals surface area contributed by atoms with E-state index >= 15 is 0 Å². The summed E-state index contributed by atoms with van der Waals surface area (Å²) >= 11 is 0. The molecule has 0 saturated carbocycles. The standard InChI is InChI=1S/C17H22FN5O3/c1-17(2,3)23-7-9(16(25)26)13(24)10-12(20)11(18)15(21-14(10)23)22-5-4-8(19)6-22/h7-8H,4-6,19H2,1-3H3,(H2,20,21)(H,25,26). The van der Waals surface area contributed by atoms with Crippen LogP contribution in [0.4, 0.5) is 15.9 Å². The van der Waals surface area contributed by atoms with Crippen molar-refractivity contribution in [3.8, 4) is 0 Å². The highest BCUT2D eigenvalue weighted by molar-refractivity contribution is 5.97. The molecule has 0 spiro atoms. The van der Waals surface area contributed by atoms with E-state index in [1.807, 2.05) is 20.8 Å². The van der Waals surface area contributed by atoms with Gasteiger partial charge in [0.25, 0.3) is 0 Å². The highest BCUT2D eigenvalue weighted by Crippen LogP contribution is 2.31. The molecule has 3 heterocycles. The van der Waals surface area contributed by atoms with Crippen molar-refractivity contribution >= 4 is 28.5 Å². The minimum absolute atomic E-state index is 0.0309. The number of pyridine rings is 2. The summed E-state index contributed by atoms with van der Waals surface area (Å²) in [6.45, 7) is 6.45. The van der Waals surface area contributed by atoms with Gasteiger partial charge in [-0.2, -0.15) is 0 Å². The van der Waals surface area contributed by atoms with Gasteiger partial charge in [-0.3, -0.25) is 4.79 Å². The molecule has 1 fully saturated rings. The Morgan fingerprint density at radius 2 is 2.08 bits per heavy atom. The van der Waals surface area contributed by atoms with Gasteiger partial charge in [-0.05, 0) is 27.2 Å². The maximum atomic E-state index is 14.9. The van der Waals surface area contributed by atoms with Gasteiger partial charge >= 0.3 is 5.97 Å². The van der Waals surface area contributed by atoms with Gasteiger partial charge in [0.15, 0.2) is 11.6 Å². The molecule has 26 heavy (non-hydrogen) atoms. The predicted molar refractivity (Wildman–Crippen MR) is 97.1 cm³/mol. The molecule has 0 radical (unpaired) electrons. The Morgan fingerprint density at radius 1 is 1.42 bits per heavy atom. The van der Waals surface area contributed by atoms with E-state index in [0.29, 0.717) is 19.5 Å². The van der Waals surface area contributed by atoms with Gasteiger partial charge in [-0.15, -0.1) is 0 Å². The Balaban J connectivity index is 2.41. The number of nitrogens with zero attached hydrogens (tertiary/aromatic N) is 3. The monoisotopic (exact) mass is 363 g/mol. The number of nitrogens with two attached hydrogens (primary N) is 2. The predicted octanol–water partition coefficient (Wildman–Crippen LogP) is 1.11. The molecule has 1 unspecified atom stereocenters. The fourth-order valence-corrected chi connectivity index (χ4v) is 3.19. The molecule has 1 atom stereocenters. The number of fused-ring (bicyclic) bond motifs is 1. The largest absolute Gasteiger partial charge is 0.477 e. The van der Waals surface area contributed by atoms with Gasteiger partial charge in [-0.1, -0.05) is 0 Å². The first-order valence-electron chi connectivity index (χ1n) is 8.31. The fraction of sp³-hybridized carbons (Fsp3) is 0.471. The second-order valence-corrected chi connectivity index (χ2v) is 7.57. The van der Waals surface area contributed by atoms with Crippen molar-refractivity contribution in [3.63, 3.8) is 0 Å². The van der Waals surface area contributed by atoms with Gasteiger partial charge in [-0.25, -0.2) is 14.2 Å². The second kappa shape index (κ2) is 5.94. The van der Waals surface area contributed by atoms with E-state index in [0.717, 1.165) is 0 Å². The molecule has 0 aliphatic carbocycles. The zero-order valence-electron chi connectivity index (χ0n) is 14.9. The number of anilines is 2. The Morgan fingerprint density at radius 3 is 2.58 bits per heavy atom. The van der Waals surface area contributed by atoms with Gasteiger partial charge in [0.1, 0.15) is 11.2 Å². The average molecular weight is 363 g/mol. The lowest BCUT2D eigenvalue weighted by atomic mass is 10.1. The molecule has 140 valence electrons. The van der Waals surface area contributed by atoms with E-state index in [-0.39, 0.29) is 22.9 Å². The molecule has 0 aromatic carbocycles. The van der Waals surface area contributed by atoms with Gasteiger partial charge < -0.3 is 26.0 Å². The van der Waals surface area contributed by atoms with Crippen LogP contribution in [0.3, 0.4) is 0 Å². The van der Waals surface area contributed by atoms with Crippen LogP contribution in [0.1, 0.15) is 37.6 Å². The number of rotatable bonds is 2. The molecule has 8 nitrogen and oxygen atoms in total. The van der Waals surface area contributed by atoms with Crippen LogP contribution in [0.5, 0.6) is 0 Å². The van der Waals surface area contributed by atoms with Crippen LogP contribution in [0, 0.1) is 5.82 Å². The number of hydrogen-bond donors (Lipinski definition) is 3. The Hall–Kier alpha value is -2.68. The summed E-state index contributed by atoms with van der Waals surface area (Å²) in [6.07, 6.45) is 1.93. The quantitative estimate of drug-likeness (QED) is 0.729. The van der Waals surface area contributed by atoms with Crippen molar-refractivity contribution in [2.45, 2.75) is 38.8 Å². The van der Waals surface area contributed by atoms with E-state index in [4.69, 9.17) is 11.5 Å². The van der Waals surface area contributed by atoms with E-state index < -0.39 is 34.0 Å². The summed E-state index contributed by atoms with van der Waals surface area (Å²) in [4.78, 5) is 30.1. The minimum Gasteiger partial charge on any atom is -0.477 e. The number of nitrogen functional groups attached to an aromatic ring is 1. The topological polar surface area (TPSA) is 127 Å². The molecule has 2 aromatic rings. The summed E-state index contributed by atoms with van der Waals surface area (Å²) in [5.74, 6) is -2.19. The third kappa shape index (κ3) is 2.78. The van der Waals surface area contributed by atoms with Gasteiger partial charge in [0.05, 0.1) is 11.1 Å². The zero-order chi connectivity index (χ0) is 19.4. The number of aromatic carboxylic acids is 1. The zero-order valence-corrected chi connectivity index (χ0v) is 14.9. The van der Waals surface area contributed by atoms with Crippen LogP contribution in [-0.2, 0) is 5.54 Å². The number of carbonyl (C=O) groups is 1. The number of carboxylic acid groups (broad SMARTS) is 1. The minimum atomic E-state index is -1.40. The van der Waals surface area contributed by atoms with E-state index in [9.17, 15) is 19.1 Å². The SMILES string of the molecule is CC(C)(C)n1cc(C(=O)O)c(=O)c2c(N)c(F)c(N3CCC(N)C3)nc21. The highest BCUT2D eigenvalue weighted by Gasteiger charge is 2.29. The lowest BCUT2D eigenvalue weighted by Gasteiger charge is -2.27. The molecule has 3 rings (SSSR count). The van der Waals surface area contributed by atoms with Gasteiger partial charge in [0, 0.05) is 30.9 Å². The molecule has 0 bridgehead atoms. The van der Waals surface area contributed by atoms with Crippen molar-refractivity contribution in [1.82, 2.24) is 9.55 Å². The summed E-state index contributed by atoms with van der Waals surface area (Å²) in [5.41, 5.74) is 9.66. The van der Waals surface area contributed by atoms with Crippen molar-refractivity contribution in [1.29, 1.82) is 0 Å². The lowest BCUT2D eigenvalue weighted by Crippen LogP contribution is -2.31. The Bertz CT molecular complexity index is 964. The van der Waals surface area contributed by atoms with Crippen LogP contribution in [0.25, 0.3) is 11.0 Å². The summed E-state index contributed by atoms with van der Waals surface area (Å²) in [6, 6.07) is -0.0904. The van der Waals surface area contributed by atoms with E-state index in [1.165, 1.54) is 6.20 Å². The maximum Gasteiger partial charge on any atom is 0.341 e. The molecule has 5 N–H and O–H groups in total. The average Bonchev–Trinajstić information content (AvgIpc) is 2.95. The molecule has 1 saturated heterocycles. The normalized spacial score (nSPS) is 17.9. The van der Waals surface area contributed by atoms with Crippen LogP contribution in [0.15, 0.2) is 11.0 Å². The first-order chi connectivity index (χ1) is 12.0. The van der Waals surface area contributed by atoms with E-state index in [2.05, 4.69) is 4.98 Å². The van der Waals surface area contributed by atoms with Crippen LogP contribution >= 0.6 is 0 Å². The van der Waals surface area contributed by atoms with Crippen molar-refractivity contribution in [2.24, 2.45) is 5.73 Å². The molecule has 9 heteroatoms. The van der Waals surface area contributed by atoms with Crippen molar-refractivity contribution in [2.75, 3.05) is 23.7 Å². The lowest BCUT2D eigenvalue weighted by molar-refractivity contribution is 0.0694. The first-order valence-corrected chi connectivity index (χ1v) is 8.31. The number of hydrogen-bond acceptors (Lipinski definition) is 6.